The SMILES string of the molecule is CC(=O)ON1C(C)(C)CCC(O[N+](=O)[O-])C(O[N+](=O)[O-])C1(C)C. The van der Waals surface area contributed by atoms with Gasteiger partial charge in [-0.2, -0.15) is 0 Å². The Morgan fingerprint density at radius 1 is 1.13 bits per heavy atom. The summed E-state index contributed by atoms with van der Waals surface area (Å²) < 4.78 is 0. The van der Waals surface area contributed by atoms with E-state index in [1.54, 1.807) is 13.8 Å². The van der Waals surface area contributed by atoms with Crippen LogP contribution >= 0.6 is 0 Å². The number of nitrogens with zero attached hydrogens (tertiary/aromatic N) is 3. The molecule has 2 atom stereocenters. The average Bonchev–Trinajstić information content (AvgIpc) is 2.41. The van der Waals surface area contributed by atoms with Crippen molar-refractivity contribution < 1.29 is 29.5 Å². The Hall–Kier alpha value is -2.17. The molecule has 2 unspecified atom stereocenters. The Kier molecular flexibility index (Phi) is 5.35. The quantitative estimate of drug-likeness (QED) is 0.537. The van der Waals surface area contributed by atoms with Gasteiger partial charge in [0, 0.05) is 6.92 Å². The maximum Gasteiger partial charge on any atom is 0.322 e. The number of carbonyl (C=O) groups is 1. The Morgan fingerprint density at radius 2 is 1.65 bits per heavy atom. The molecule has 1 saturated heterocycles. The zero-order valence-electron chi connectivity index (χ0n) is 13.7. The second-order valence-corrected chi connectivity index (χ2v) is 6.50. The van der Waals surface area contributed by atoms with E-state index in [-0.39, 0.29) is 6.42 Å². The second-order valence-electron chi connectivity index (χ2n) is 6.50. The van der Waals surface area contributed by atoms with Crippen LogP contribution in [0, 0.1) is 20.2 Å². The van der Waals surface area contributed by atoms with Crippen LogP contribution in [0.5, 0.6) is 0 Å². The van der Waals surface area contributed by atoms with Crippen LogP contribution in [0.25, 0.3) is 0 Å². The van der Waals surface area contributed by atoms with Crippen molar-refractivity contribution >= 4 is 5.97 Å². The monoisotopic (exact) mass is 335 g/mol. The Morgan fingerprint density at radius 3 is 2.09 bits per heavy atom. The molecule has 0 bridgehead atoms. The molecule has 0 radical (unpaired) electrons. The summed E-state index contributed by atoms with van der Waals surface area (Å²) in [7, 11) is 0. The average molecular weight is 335 g/mol. The maximum absolute atomic E-state index is 11.4. The summed E-state index contributed by atoms with van der Waals surface area (Å²) >= 11 is 0. The predicted molar refractivity (Wildman–Crippen MR) is 74.7 cm³/mol. The van der Waals surface area contributed by atoms with E-state index in [1.165, 1.54) is 25.8 Å². The van der Waals surface area contributed by atoms with Crippen LogP contribution in [-0.4, -0.2) is 44.5 Å². The van der Waals surface area contributed by atoms with Crippen LogP contribution in [0.3, 0.4) is 0 Å². The first kappa shape index (κ1) is 18.9. The van der Waals surface area contributed by atoms with Gasteiger partial charge in [-0.1, -0.05) is 0 Å². The fraction of sp³-hybridized carbons (Fsp3) is 0.917. The van der Waals surface area contributed by atoms with E-state index in [1.807, 2.05) is 0 Å². The molecule has 1 rings (SSSR count). The van der Waals surface area contributed by atoms with E-state index in [9.17, 15) is 25.0 Å². The topological polar surface area (TPSA) is 134 Å². The van der Waals surface area contributed by atoms with Gasteiger partial charge in [-0.25, -0.2) is 0 Å². The van der Waals surface area contributed by atoms with Gasteiger partial charge in [-0.3, -0.25) is 4.79 Å². The fourth-order valence-electron chi connectivity index (χ4n) is 2.98. The van der Waals surface area contributed by atoms with Gasteiger partial charge in [-0.05, 0) is 40.5 Å². The van der Waals surface area contributed by atoms with Crippen molar-refractivity contribution in [3.63, 3.8) is 0 Å². The highest BCUT2D eigenvalue weighted by Crippen LogP contribution is 2.39. The van der Waals surface area contributed by atoms with Crippen molar-refractivity contribution in [2.45, 2.75) is 70.7 Å². The van der Waals surface area contributed by atoms with Gasteiger partial charge in [0.2, 0.25) is 0 Å². The highest BCUT2D eigenvalue weighted by atomic mass is 17.0. The lowest BCUT2D eigenvalue weighted by Crippen LogP contribution is -2.62. The number of hydrogen-bond donors (Lipinski definition) is 0. The third-order valence-corrected chi connectivity index (χ3v) is 3.79. The van der Waals surface area contributed by atoms with Crippen LogP contribution in [0.1, 0.15) is 47.5 Å². The van der Waals surface area contributed by atoms with Gasteiger partial charge in [0.05, 0.1) is 11.1 Å². The molecule has 11 heteroatoms. The zero-order chi connectivity index (χ0) is 18.0. The Labute approximate surface area is 132 Å². The standard InChI is InChI=1S/C12H21N3O8/c1-8(16)21-13-11(2,3)7-6-9(22-14(17)18)10(12(13,4)5)23-15(19)20/h9-10H,6-7H2,1-5H3. The van der Waals surface area contributed by atoms with Crippen molar-refractivity contribution in [2.24, 2.45) is 0 Å². The highest BCUT2D eigenvalue weighted by Gasteiger charge is 2.54. The minimum Gasteiger partial charge on any atom is -0.367 e. The number of hydrogen-bond acceptors (Lipinski definition) is 9. The van der Waals surface area contributed by atoms with Crippen LogP contribution in [-0.2, 0) is 19.3 Å². The lowest BCUT2D eigenvalue weighted by Gasteiger charge is -2.46. The molecule has 1 fully saturated rings. The molecule has 0 aromatic carbocycles. The molecule has 11 nitrogen and oxygen atoms in total. The molecule has 0 saturated carbocycles. The molecular weight excluding hydrogens is 314 g/mol. The third kappa shape index (κ3) is 4.41. The molecule has 23 heavy (non-hydrogen) atoms. The summed E-state index contributed by atoms with van der Waals surface area (Å²) in [5, 5.41) is 20.8. The van der Waals surface area contributed by atoms with Crippen LogP contribution < -0.4 is 0 Å². The summed E-state index contributed by atoms with van der Waals surface area (Å²) in [6.45, 7) is 7.79. The van der Waals surface area contributed by atoms with Crippen molar-refractivity contribution in [3.8, 4) is 0 Å². The Bertz CT molecular complexity index is 493. The van der Waals surface area contributed by atoms with Gasteiger partial charge in [-0.15, -0.1) is 25.3 Å². The molecule has 1 aliphatic rings. The number of carbonyl (C=O) groups excluding carboxylic acids is 1. The summed E-state index contributed by atoms with van der Waals surface area (Å²) in [6.07, 6.45) is -2.05. The molecule has 1 aliphatic heterocycles. The molecule has 0 aromatic rings. The molecule has 0 amide bonds. The second kappa shape index (κ2) is 6.52. The normalized spacial score (nSPS) is 26.7. The van der Waals surface area contributed by atoms with Crippen molar-refractivity contribution in [2.75, 3.05) is 0 Å². The van der Waals surface area contributed by atoms with E-state index >= 15 is 0 Å². The summed E-state index contributed by atoms with van der Waals surface area (Å²) in [5.74, 6) is -0.611. The summed E-state index contributed by atoms with van der Waals surface area (Å²) in [4.78, 5) is 47.4. The van der Waals surface area contributed by atoms with Crippen LogP contribution in [0.15, 0.2) is 0 Å². The van der Waals surface area contributed by atoms with Gasteiger partial charge < -0.3 is 14.5 Å². The number of hydroxylamine groups is 2. The molecule has 0 spiro atoms. The van der Waals surface area contributed by atoms with Crippen LogP contribution in [0.4, 0.5) is 0 Å². The number of rotatable bonds is 5. The molecule has 0 aromatic heterocycles. The van der Waals surface area contributed by atoms with Crippen molar-refractivity contribution in [1.82, 2.24) is 5.06 Å². The summed E-state index contributed by atoms with van der Waals surface area (Å²) in [6, 6.07) is 0. The van der Waals surface area contributed by atoms with E-state index in [2.05, 4.69) is 9.68 Å². The third-order valence-electron chi connectivity index (χ3n) is 3.79. The lowest BCUT2D eigenvalue weighted by atomic mass is 9.92. The Balaban J connectivity index is 3.31. The minimum atomic E-state index is -1.33. The van der Waals surface area contributed by atoms with Crippen molar-refractivity contribution in [3.05, 3.63) is 20.2 Å². The molecular formula is C12H21N3O8. The van der Waals surface area contributed by atoms with E-state index in [0.717, 1.165) is 0 Å². The predicted octanol–water partition coefficient (Wildman–Crippen LogP) is 1.27. The smallest absolute Gasteiger partial charge is 0.322 e. The fourth-order valence-corrected chi connectivity index (χ4v) is 2.98. The first-order valence-electron chi connectivity index (χ1n) is 6.99. The molecule has 1 heterocycles. The molecule has 0 aliphatic carbocycles. The van der Waals surface area contributed by atoms with Gasteiger partial charge in [0.1, 0.15) is 6.10 Å². The summed E-state index contributed by atoms with van der Waals surface area (Å²) in [5.41, 5.74) is -1.98. The van der Waals surface area contributed by atoms with E-state index < -0.39 is 39.4 Å². The highest BCUT2D eigenvalue weighted by molar-refractivity contribution is 5.65. The van der Waals surface area contributed by atoms with Gasteiger partial charge in [0.25, 0.3) is 10.2 Å². The van der Waals surface area contributed by atoms with Crippen LogP contribution in [0.2, 0.25) is 0 Å². The van der Waals surface area contributed by atoms with Gasteiger partial charge in [0.15, 0.2) is 6.10 Å². The first-order chi connectivity index (χ1) is 10.4. The zero-order valence-corrected chi connectivity index (χ0v) is 13.7. The minimum absolute atomic E-state index is 0.119. The van der Waals surface area contributed by atoms with Gasteiger partial charge >= 0.3 is 5.97 Å². The molecule has 0 N–H and O–H groups in total. The molecule has 132 valence electrons. The van der Waals surface area contributed by atoms with E-state index in [0.29, 0.717) is 6.42 Å². The van der Waals surface area contributed by atoms with E-state index in [4.69, 9.17) is 4.84 Å². The lowest BCUT2D eigenvalue weighted by molar-refractivity contribution is -0.801. The van der Waals surface area contributed by atoms with Crippen molar-refractivity contribution in [1.29, 1.82) is 0 Å². The largest absolute Gasteiger partial charge is 0.367 e. The first-order valence-corrected chi connectivity index (χ1v) is 6.99. The maximum atomic E-state index is 11.4.